The van der Waals surface area contributed by atoms with E-state index in [2.05, 4.69) is 0 Å². The summed E-state index contributed by atoms with van der Waals surface area (Å²) in [6.45, 7) is 0. The molecule has 1 unspecified atom stereocenters. The topological polar surface area (TPSA) is 98.9 Å². The SMILES string of the molecule is COC(=O)C=C1CS[C@@H]2[C@H](N)C(=O)N2C1C(=O)OC(c1ccccc1)c1ccccc1. The van der Waals surface area contributed by atoms with Gasteiger partial charge in [0.1, 0.15) is 11.4 Å². The Balaban J connectivity index is 1.68. The van der Waals surface area contributed by atoms with E-state index >= 15 is 0 Å². The van der Waals surface area contributed by atoms with Gasteiger partial charge < -0.3 is 20.1 Å². The van der Waals surface area contributed by atoms with Gasteiger partial charge >= 0.3 is 11.9 Å². The normalized spacial score (nSPS) is 23.8. The van der Waals surface area contributed by atoms with Crippen molar-refractivity contribution in [2.45, 2.75) is 23.6 Å². The van der Waals surface area contributed by atoms with Crippen molar-refractivity contribution in [3.63, 3.8) is 0 Å². The van der Waals surface area contributed by atoms with Gasteiger partial charge in [-0.2, -0.15) is 0 Å². The van der Waals surface area contributed by atoms with Crippen molar-refractivity contribution in [1.82, 2.24) is 4.90 Å². The Morgan fingerprint density at radius 3 is 2.23 bits per heavy atom. The molecule has 2 aliphatic heterocycles. The molecule has 2 aromatic carbocycles. The number of ether oxygens (including phenoxy) is 2. The van der Waals surface area contributed by atoms with E-state index < -0.39 is 30.1 Å². The third kappa shape index (κ3) is 4.08. The maximum absolute atomic E-state index is 13.4. The fourth-order valence-corrected chi connectivity index (χ4v) is 5.08. The van der Waals surface area contributed by atoms with Gasteiger partial charge in [-0.05, 0) is 16.7 Å². The molecule has 3 atom stereocenters. The van der Waals surface area contributed by atoms with Crippen LogP contribution < -0.4 is 5.73 Å². The Kier molecular flexibility index (Phi) is 6.11. The smallest absolute Gasteiger partial charge is 0.334 e. The minimum absolute atomic E-state index is 0.327. The highest BCUT2D eigenvalue weighted by Crippen LogP contribution is 2.40. The molecule has 0 saturated carbocycles. The highest BCUT2D eigenvalue weighted by atomic mass is 32.2. The Morgan fingerprint density at radius 1 is 1.10 bits per heavy atom. The van der Waals surface area contributed by atoms with Crippen LogP contribution in [0.5, 0.6) is 0 Å². The number of thioether (sulfide) groups is 1. The molecular formula is C23H22N2O5S. The van der Waals surface area contributed by atoms with Gasteiger partial charge in [0.05, 0.1) is 7.11 Å². The molecule has 2 saturated heterocycles. The van der Waals surface area contributed by atoms with Crippen LogP contribution in [0.2, 0.25) is 0 Å². The van der Waals surface area contributed by atoms with Gasteiger partial charge in [-0.25, -0.2) is 9.59 Å². The zero-order valence-electron chi connectivity index (χ0n) is 16.8. The van der Waals surface area contributed by atoms with E-state index in [-0.39, 0.29) is 11.3 Å². The first-order valence-corrected chi connectivity index (χ1v) is 10.8. The van der Waals surface area contributed by atoms with Crippen LogP contribution in [0.15, 0.2) is 72.3 Å². The van der Waals surface area contributed by atoms with Gasteiger partial charge in [0, 0.05) is 11.8 Å². The molecule has 2 aliphatic rings. The van der Waals surface area contributed by atoms with E-state index in [0.29, 0.717) is 11.3 Å². The minimum Gasteiger partial charge on any atom is -0.466 e. The molecule has 160 valence electrons. The van der Waals surface area contributed by atoms with E-state index in [4.69, 9.17) is 15.2 Å². The molecule has 0 spiro atoms. The summed E-state index contributed by atoms with van der Waals surface area (Å²) in [5.41, 5.74) is 7.98. The molecule has 2 aromatic rings. The lowest BCUT2D eigenvalue weighted by Gasteiger charge is -2.51. The summed E-state index contributed by atoms with van der Waals surface area (Å²) >= 11 is 1.41. The Bertz CT molecular complexity index is 972. The number of hydrogen-bond acceptors (Lipinski definition) is 7. The second-order valence-corrected chi connectivity index (χ2v) is 8.36. The van der Waals surface area contributed by atoms with Crippen molar-refractivity contribution in [1.29, 1.82) is 0 Å². The summed E-state index contributed by atoms with van der Waals surface area (Å²) in [4.78, 5) is 39.2. The molecule has 0 radical (unpaired) electrons. The summed E-state index contributed by atoms with van der Waals surface area (Å²) in [5.74, 6) is -1.17. The molecule has 4 rings (SSSR count). The van der Waals surface area contributed by atoms with Gasteiger partial charge in [0.2, 0.25) is 5.91 Å². The fraction of sp³-hybridized carbons (Fsp3) is 0.261. The average Bonchev–Trinajstić information content (AvgIpc) is 2.82. The highest BCUT2D eigenvalue weighted by Gasteiger charge is 2.55. The Hall–Kier alpha value is -3.10. The van der Waals surface area contributed by atoms with Crippen molar-refractivity contribution >= 4 is 29.6 Å². The number of carbonyl (C=O) groups excluding carboxylic acids is 3. The predicted molar refractivity (Wildman–Crippen MR) is 116 cm³/mol. The lowest BCUT2D eigenvalue weighted by molar-refractivity contribution is -0.164. The van der Waals surface area contributed by atoms with Crippen molar-refractivity contribution in [3.8, 4) is 0 Å². The molecule has 1 amide bonds. The van der Waals surface area contributed by atoms with Crippen LogP contribution in [-0.4, -0.2) is 53.1 Å². The number of amides is 1. The molecule has 0 aliphatic carbocycles. The monoisotopic (exact) mass is 438 g/mol. The molecule has 0 aromatic heterocycles. The number of benzene rings is 2. The number of nitrogens with two attached hydrogens (primary N) is 1. The fourth-order valence-electron chi connectivity index (χ4n) is 3.77. The molecule has 8 heteroatoms. The average molecular weight is 439 g/mol. The van der Waals surface area contributed by atoms with Crippen molar-refractivity contribution in [2.75, 3.05) is 12.9 Å². The zero-order chi connectivity index (χ0) is 22.0. The van der Waals surface area contributed by atoms with Gasteiger partial charge in [-0.15, -0.1) is 11.8 Å². The number of fused-ring (bicyclic) bond motifs is 1. The maximum atomic E-state index is 13.4. The predicted octanol–water partition coefficient (Wildman–Crippen LogP) is 2.03. The third-order valence-electron chi connectivity index (χ3n) is 5.34. The summed E-state index contributed by atoms with van der Waals surface area (Å²) in [6.07, 6.45) is 0.596. The number of β-lactam (4-membered cyclic amide) rings is 1. The molecule has 7 nitrogen and oxygen atoms in total. The third-order valence-corrected chi connectivity index (χ3v) is 6.70. The molecule has 0 bridgehead atoms. The summed E-state index contributed by atoms with van der Waals surface area (Å²) < 4.78 is 10.7. The van der Waals surface area contributed by atoms with Crippen LogP contribution in [-0.2, 0) is 23.9 Å². The lowest BCUT2D eigenvalue weighted by Crippen LogP contribution is -2.73. The number of rotatable bonds is 5. The highest BCUT2D eigenvalue weighted by molar-refractivity contribution is 8.00. The van der Waals surface area contributed by atoms with Gasteiger partial charge in [0.15, 0.2) is 12.1 Å². The van der Waals surface area contributed by atoms with E-state index in [9.17, 15) is 14.4 Å². The number of carbonyl (C=O) groups is 3. The summed E-state index contributed by atoms with van der Waals surface area (Å²) in [7, 11) is 1.26. The summed E-state index contributed by atoms with van der Waals surface area (Å²) in [6, 6.07) is 17.1. The van der Waals surface area contributed by atoms with E-state index in [1.165, 1.54) is 29.8 Å². The van der Waals surface area contributed by atoms with Crippen molar-refractivity contribution < 1.29 is 23.9 Å². The molecule has 2 heterocycles. The molecular weight excluding hydrogens is 416 g/mol. The van der Waals surface area contributed by atoms with Crippen LogP contribution in [0.1, 0.15) is 17.2 Å². The van der Waals surface area contributed by atoms with Gasteiger partial charge in [-0.1, -0.05) is 60.7 Å². The van der Waals surface area contributed by atoms with Crippen LogP contribution in [0.4, 0.5) is 0 Å². The second-order valence-electron chi connectivity index (χ2n) is 7.26. The van der Waals surface area contributed by atoms with Gasteiger partial charge in [-0.3, -0.25) is 4.79 Å². The van der Waals surface area contributed by atoms with Gasteiger partial charge in [0.25, 0.3) is 0 Å². The van der Waals surface area contributed by atoms with Crippen LogP contribution in [0.25, 0.3) is 0 Å². The molecule has 31 heavy (non-hydrogen) atoms. The van der Waals surface area contributed by atoms with E-state index in [1.54, 1.807) is 0 Å². The Morgan fingerprint density at radius 2 is 1.68 bits per heavy atom. The molecule has 2 N–H and O–H groups in total. The van der Waals surface area contributed by atoms with E-state index in [0.717, 1.165) is 11.1 Å². The minimum atomic E-state index is -1.02. The second kappa shape index (κ2) is 8.95. The number of methoxy groups -OCH3 is 1. The number of esters is 2. The quantitative estimate of drug-likeness (QED) is 0.433. The first kappa shape index (κ1) is 21.1. The first-order chi connectivity index (χ1) is 15.0. The number of hydrogen-bond donors (Lipinski definition) is 1. The summed E-state index contributed by atoms with van der Waals surface area (Å²) in [5, 5.41) is -0.327. The van der Waals surface area contributed by atoms with Crippen LogP contribution >= 0.6 is 11.8 Å². The molecule has 2 fully saturated rings. The largest absolute Gasteiger partial charge is 0.466 e. The van der Waals surface area contributed by atoms with Crippen LogP contribution in [0.3, 0.4) is 0 Å². The zero-order valence-corrected chi connectivity index (χ0v) is 17.7. The Labute approximate surface area is 184 Å². The standard InChI is InChI=1S/C23H22N2O5S/c1-29-17(26)12-16-13-31-22-18(24)21(27)25(22)19(16)23(28)30-20(14-8-4-2-5-9-14)15-10-6-3-7-11-15/h2-12,18-20,22H,13,24H2,1H3/t18-,19?,22-/m1/s1. The first-order valence-electron chi connectivity index (χ1n) is 9.79. The number of nitrogens with zero attached hydrogens (tertiary/aromatic N) is 1. The van der Waals surface area contributed by atoms with Crippen molar-refractivity contribution in [3.05, 3.63) is 83.4 Å². The van der Waals surface area contributed by atoms with E-state index in [1.807, 2.05) is 60.7 Å². The van der Waals surface area contributed by atoms with Crippen molar-refractivity contribution in [2.24, 2.45) is 5.73 Å². The van der Waals surface area contributed by atoms with Crippen LogP contribution in [0, 0.1) is 0 Å². The maximum Gasteiger partial charge on any atom is 0.334 e. The lowest BCUT2D eigenvalue weighted by atomic mass is 9.97.